The van der Waals surface area contributed by atoms with Gasteiger partial charge in [-0.15, -0.1) is 0 Å². The Morgan fingerprint density at radius 1 is 0.865 bits per heavy atom. The number of amides is 3. The van der Waals surface area contributed by atoms with Crippen LogP contribution >= 0.6 is 0 Å². The maximum absolute atomic E-state index is 13.5. The molecular formula is C40H50N8O4. The Labute approximate surface area is 305 Å². The first kappa shape index (κ1) is 36.6. The quantitative estimate of drug-likeness (QED) is 0.191. The van der Waals surface area contributed by atoms with Gasteiger partial charge in [-0.05, 0) is 87.5 Å². The fourth-order valence-electron chi connectivity index (χ4n) is 7.57. The van der Waals surface area contributed by atoms with Crippen molar-refractivity contribution in [3.63, 3.8) is 0 Å². The van der Waals surface area contributed by atoms with E-state index < -0.39 is 12.1 Å². The molecule has 2 aliphatic rings. The van der Waals surface area contributed by atoms with Gasteiger partial charge >= 0.3 is 6.09 Å². The molecule has 3 amide bonds. The number of fused-ring (bicyclic) bond motifs is 1. The van der Waals surface area contributed by atoms with Crippen LogP contribution in [0.1, 0.15) is 88.2 Å². The van der Waals surface area contributed by atoms with E-state index in [0.717, 1.165) is 77.3 Å². The molecule has 0 spiro atoms. The summed E-state index contributed by atoms with van der Waals surface area (Å²) >= 11 is 0. The van der Waals surface area contributed by atoms with E-state index in [2.05, 4.69) is 41.0 Å². The Morgan fingerprint density at radius 3 is 2.13 bits per heavy atom. The first-order valence-corrected chi connectivity index (χ1v) is 18.2. The Bertz CT molecular complexity index is 1960. The van der Waals surface area contributed by atoms with Gasteiger partial charge in [0.25, 0.3) is 0 Å². The van der Waals surface area contributed by atoms with E-state index in [-0.39, 0.29) is 41.8 Å². The van der Waals surface area contributed by atoms with Crippen LogP contribution in [0.25, 0.3) is 22.3 Å². The second kappa shape index (κ2) is 15.6. The molecule has 4 aromatic rings. The van der Waals surface area contributed by atoms with Gasteiger partial charge in [0.15, 0.2) is 0 Å². The lowest BCUT2D eigenvalue weighted by molar-refractivity contribution is -0.138. The highest BCUT2D eigenvalue weighted by molar-refractivity contribution is 5.87. The summed E-state index contributed by atoms with van der Waals surface area (Å²) in [6, 6.07) is 12.8. The van der Waals surface area contributed by atoms with Crippen molar-refractivity contribution in [1.82, 2.24) is 40.0 Å². The molecule has 2 fully saturated rings. The van der Waals surface area contributed by atoms with Crippen LogP contribution in [0.15, 0.2) is 48.7 Å². The van der Waals surface area contributed by atoms with Crippen molar-refractivity contribution in [2.75, 3.05) is 34.3 Å². The number of alkyl carbamates (subject to hydrolysis) is 1. The van der Waals surface area contributed by atoms with Gasteiger partial charge in [-0.1, -0.05) is 51.7 Å². The van der Waals surface area contributed by atoms with Gasteiger partial charge < -0.3 is 29.8 Å². The Kier molecular flexibility index (Phi) is 11.0. The third kappa shape index (κ3) is 7.70. The smallest absolute Gasteiger partial charge is 0.407 e. The maximum atomic E-state index is 13.5. The number of methoxy groups -OCH3 is 1. The lowest BCUT2D eigenvalue weighted by atomic mass is 10.0. The lowest BCUT2D eigenvalue weighted by Gasteiger charge is -2.33. The van der Waals surface area contributed by atoms with E-state index >= 15 is 0 Å². The van der Waals surface area contributed by atoms with Gasteiger partial charge in [0.2, 0.25) is 11.8 Å². The van der Waals surface area contributed by atoms with Gasteiger partial charge in [-0.3, -0.25) is 14.5 Å². The number of rotatable bonds is 9. The summed E-state index contributed by atoms with van der Waals surface area (Å²) in [5.74, 6) is 8.24. The number of ether oxygens (including phenoxy) is 1. The minimum absolute atomic E-state index is 0.0527. The highest BCUT2D eigenvalue weighted by Gasteiger charge is 2.39. The van der Waals surface area contributed by atoms with Crippen LogP contribution in [0.4, 0.5) is 4.79 Å². The zero-order chi connectivity index (χ0) is 37.1. The molecule has 6 rings (SSSR count). The number of benzene rings is 2. The first-order chi connectivity index (χ1) is 24.9. The van der Waals surface area contributed by atoms with Crippen LogP contribution in [0.3, 0.4) is 0 Å². The van der Waals surface area contributed by atoms with Crippen molar-refractivity contribution in [2.45, 2.75) is 77.5 Å². The number of H-pyrrole nitrogens is 2. The van der Waals surface area contributed by atoms with Crippen LogP contribution in [0.2, 0.25) is 0 Å². The molecule has 52 heavy (non-hydrogen) atoms. The van der Waals surface area contributed by atoms with Crippen LogP contribution < -0.4 is 5.32 Å². The van der Waals surface area contributed by atoms with E-state index in [0.29, 0.717) is 6.54 Å². The molecule has 12 nitrogen and oxygen atoms in total. The van der Waals surface area contributed by atoms with E-state index in [4.69, 9.17) is 14.7 Å². The van der Waals surface area contributed by atoms with Crippen molar-refractivity contribution < 1.29 is 19.1 Å². The van der Waals surface area contributed by atoms with Gasteiger partial charge in [0, 0.05) is 24.2 Å². The molecule has 0 unspecified atom stereocenters. The fourth-order valence-corrected chi connectivity index (χ4v) is 7.57. The number of nitrogens with zero attached hydrogens (tertiary/aromatic N) is 5. The Hall–Kier alpha value is -5.15. The minimum Gasteiger partial charge on any atom is -0.453 e. The van der Waals surface area contributed by atoms with Crippen molar-refractivity contribution in [2.24, 2.45) is 11.8 Å². The standard InChI is InChI=1S/C40H50N8O4/c1-24(2)34(45-40(51)52-7)38(49)47-20-9-11-33(47)37-42-29-19-16-27(22-30(29)43-37)13-12-26-14-17-28(18-15-26)31-23-41-36(44-31)32-10-8-21-48(32)39(50)35(25(3)4)46(5)6/h14-19,22-25,32-35H,8-11,20-21H2,1-7H3,(H,41,44)(H,42,43)(H,45,51)/t32-,33-,34-,35-/m0/s1. The molecule has 274 valence electrons. The number of imidazole rings is 2. The summed E-state index contributed by atoms with van der Waals surface area (Å²) in [6.45, 7) is 9.33. The Morgan fingerprint density at radius 2 is 1.50 bits per heavy atom. The van der Waals surface area contributed by atoms with E-state index in [9.17, 15) is 14.4 Å². The molecule has 0 saturated carbocycles. The number of nitrogens with one attached hydrogen (secondary N) is 3. The van der Waals surface area contributed by atoms with Gasteiger partial charge in [-0.2, -0.15) is 0 Å². The second-order valence-electron chi connectivity index (χ2n) is 14.8. The van der Waals surface area contributed by atoms with Crippen molar-refractivity contribution in [3.05, 3.63) is 71.4 Å². The van der Waals surface area contributed by atoms with Crippen LogP contribution in [0.5, 0.6) is 0 Å². The molecule has 2 saturated heterocycles. The van der Waals surface area contributed by atoms with Crippen LogP contribution in [0, 0.1) is 23.7 Å². The van der Waals surface area contributed by atoms with Crippen LogP contribution in [-0.2, 0) is 14.3 Å². The van der Waals surface area contributed by atoms with Gasteiger partial charge in [0.05, 0.1) is 48.2 Å². The zero-order valence-corrected chi connectivity index (χ0v) is 31.2. The third-order valence-corrected chi connectivity index (χ3v) is 10.2. The van der Waals surface area contributed by atoms with Gasteiger partial charge in [0.1, 0.15) is 17.7 Å². The molecule has 0 radical (unpaired) electrons. The number of aromatic nitrogens is 4. The average molecular weight is 707 g/mol. The normalized spacial score (nSPS) is 18.6. The average Bonchev–Trinajstić information content (AvgIpc) is 3.94. The largest absolute Gasteiger partial charge is 0.453 e. The topological polar surface area (TPSA) is 140 Å². The van der Waals surface area contributed by atoms with Crippen LogP contribution in [-0.4, -0.2) is 98.9 Å². The maximum Gasteiger partial charge on any atom is 0.407 e. The summed E-state index contributed by atoms with van der Waals surface area (Å²) in [7, 11) is 5.23. The number of likely N-dealkylation sites (N-methyl/N-ethyl adjacent to an activating group) is 1. The minimum atomic E-state index is -0.684. The monoisotopic (exact) mass is 706 g/mol. The molecule has 12 heteroatoms. The summed E-state index contributed by atoms with van der Waals surface area (Å²) < 4.78 is 4.75. The lowest BCUT2D eigenvalue weighted by Crippen LogP contribution is -2.51. The number of hydrogen-bond donors (Lipinski definition) is 3. The van der Waals surface area contributed by atoms with E-state index in [1.807, 2.05) is 91.3 Å². The van der Waals surface area contributed by atoms with E-state index in [1.54, 1.807) is 0 Å². The summed E-state index contributed by atoms with van der Waals surface area (Å²) in [5.41, 5.74) is 5.29. The highest BCUT2D eigenvalue weighted by atomic mass is 16.5. The summed E-state index contributed by atoms with van der Waals surface area (Å²) in [6.07, 6.45) is 4.71. The number of hydrogen-bond acceptors (Lipinski definition) is 7. The van der Waals surface area contributed by atoms with Gasteiger partial charge in [-0.25, -0.2) is 14.8 Å². The molecule has 4 heterocycles. The first-order valence-electron chi connectivity index (χ1n) is 18.2. The molecule has 2 aliphatic heterocycles. The molecule has 0 bridgehead atoms. The SMILES string of the molecule is COC(=O)N[C@H](C(=O)N1CCC[C@H]1c1nc2ccc(C#Cc3ccc(-c4cnc([C@@H]5CCCN5C(=O)[C@H](C(C)C)N(C)C)[nH]4)cc3)cc2[nH]1)C(C)C. The van der Waals surface area contributed by atoms with Crippen molar-refractivity contribution >= 4 is 28.9 Å². The van der Waals surface area contributed by atoms with Crippen molar-refractivity contribution in [3.8, 4) is 23.1 Å². The molecule has 2 aromatic carbocycles. The summed E-state index contributed by atoms with van der Waals surface area (Å²) in [4.78, 5) is 61.3. The highest BCUT2D eigenvalue weighted by Crippen LogP contribution is 2.34. The fraction of sp³-hybridized carbons (Fsp3) is 0.475. The molecule has 2 aromatic heterocycles. The molecule has 4 atom stereocenters. The zero-order valence-electron chi connectivity index (χ0n) is 31.2. The number of carbonyl (C=O) groups is 3. The number of aromatic amines is 2. The predicted octanol–water partition coefficient (Wildman–Crippen LogP) is 5.65. The molecule has 3 N–H and O–H groups in total. The number of carbonyl (C=O) groups excluding carboxylic acids is 3. The predicted molar refractivity (Wildman–Crippen MR) is 200 cm³/mol. The molecule has 0 aliphatic carbocycles. The second-order valence-corrected chi connectivity index (χ2v) is 14.8. The third-order valence-electron chi connectivity index (χ3n) is 10.2. The van der Waals surface area contributed by atoms with Crippen molar-refractivity contribution in [1.29, 1.82) is 0 Å². The number of likely N-dealkylation sites (tertiary alicyclic amines) is 2. The van der Waals surface area contributed by atoms with E-state index in [1.165, 1.54) is 7.11 Å². The Balaban J connectivity index is 1.13. The summed E-state index contributed by atoms with van der Waals surface area (Å²) in [5, 5.41) is 2.70. The molecular weight excluding hydrogens is 656 g/mol.